The molecule has 21 heavy (non-hydrogen) atoms. The Balaban J connectivity index is 1.50. The molecule has 1 aromatic heterocycles. The number of nitrogens with zero attached hydrogens (tertiary/aromatic N) is 2. The molecular formula is C17H27N3O. The first-order chi connectivity index (χ1) is 10.3. The van der Waals surface area contributed by atoms with Gasteiger partial charge in [-0.2, -0.15) is 0 Å². The highest BCUT2D eigenvalue weighted by atomic mass is 16.5. The first kappa shape index (κ1) is 14.8. The summed E-state index contributed by atoms with van der Waals surface area (Å²) in [5.74, 6) is 1.98. The summed E-state index contributed by atoms with van der Waals surface area (Å²) in [5.41, 5.74) is 1.10. The zero-order valence-corrected chi connectivity index (χ0v) is 13.2. The van der Waals surface area contributed by atoms with E-state index < -0.39 is 0 Å². The monoisotopic (exact) mass is 289 g/mol. The lowest BCUT2D eigenvalue weighted by atomic mass is 10.0. The summed E-state index contributed by atoms with van der Waals surface area (Å²) in [4.78, 5) is 7.05. The van der Waals surface area contributed by atoms with Gasteiger partial charge in [0.2, 0.25) is 0 Å². The normalized spacial score (nSPS) is 21.5. The van der Waals surface area contributed by atoms with Crippen LogP contribution in [0.2, 0.25) is 0 Å². The molecule has 1 saturated carbocycles. The van der Waals surface area contributed by atoms with Crippen LogP contribution >= 0.6 is 0 Å². The van der Waals surface area contributed by atoms with Crippen molar-refractivity contribution in [2.24, 2.45) is 5.92 Å². The van der Waals surface area contributed by atoms with Gasteiger partial charge >= 0.3 is 0 Å². The highest BCUT2D eigenvalue weighted by molar-refractivity contribution is 5.39. The number of pyridine rings is 1. The maximum atomic E-state index is 5.37. The van der Waals surface area contributed by atoms with Crippen molar-refractivity contribution in [3.8, 4) is 0 Å². The van der Waals surface area contributed by atoms with E-state index in [4.69, 9.17) is 4.74 Å². The number of anilines is 1. The maximum Gasteiger partial charge on any atom is 0.128 e. The third-order valence-corrected chi connectivity index (χ3v) is 4.68. The SMILES string of the molecule is COC[C@H](NC1CCN(c2cccc(C)n2)CC1)C1CC1. The van der Waals surface area contributed by atoms with Gasteiger partial charge in [0, 0.05) is 38.0 Å². The molecule has 0 aromatic carbocycles. The third kappa shape index (κ3) is 3.95. The molecule has 0 unspecified atom stereocenters. The second kappa shape index (κ2) is 6.75. The van der Waals surface area contributed by atoms with Crippen molar-refractivity contribution in [2.75, 3.05) is 31.7 Å². The number of nitrogens with one attached hydrogen (secondary N) is 1. The van der Waals surface area contributed by atoms with Crippen LogP contribution in [-0.2, 0) is 4.74 Å². The summed E-state index contributed by atoms with van der Waals surface area (Å²) in [6, 6.07) is 7.47. The van der Waals surface area contributed by atoms with Gasteiger partial charge < -0.3 is 15.0 Å². The lowest BCUT2D eigenvalue weighted by Gasteiger charge is -2.35. The van der Waals surface area contributed by atoms with Crippen molar-refractivity contribution in [3.63, 3.8) is 0 Å². The number of methoxy groups -OCH3 is 1. The van der Waals surface area contributed by atoms with Crippen LogP contribution in [-0.4, -0.2) is 43.9 Å². The summed E-state index contributed by atoms with van der Waals surface area (Å²) < 4.78 is 5.37. The number of rotatable bonds is 6. The molecule has 0 radical (unpaired) electrons. The Hall–Kier alpha value is -1.13. The lowest BCUT2D eigenvalue weighted by molar-refractivity contribution is 0.148. The number of aryl methyl sites for hydroxylation is 1. The second-order valence-corrected chi connectivity index (χ2v) is 6.46. The Morgan fingerprint density at radius 1 is 1.29 bits per heavy atom. The maximum absolute atomic E-state index is 5.37. The molecule has 2 heterocycles. The molecule has 116 valence electrons. The van der Waals surface area contributed by atoms with Crippen LogP contribution in [0.1, 0.15) is 31.4 Å². The van der Waals surface area contributed by atoms with Crippen molar-refractivity contribution in [2.45, 2.75) is 44.7 Å². The fourth-order valence-corrected chi connectivity index (χ4v) is 3.28. The molecule has 1 saturated heterocycles. The number of piperidine rings is 1. The van der Waals surface area contributed by atoms with Gasteiger partial charge in [-0.05, 0) is 50.7 Å². The molecule has 3 rings (SSSR count). The van der Waals surface area contributed by atoms with Gasteiger partial charge in [0.1, 0.15) is 5.82 Å². The minimum absolute atomic E-state index is 0.559. The predicted molar refractivity (Wildman–Crippen MR) is 85.7 cm³/mol. The topological polar surface area (TPSA) is 37.4 Å². The van der Waals surface area contributed by atoms with Crippen LogP contribution in [0.4, 0.5) is 5.82 Å². The highest BCUT2D eigenvalue weighted by Gasteiger charge is 2.33. The van der Waals surface area contributed by atoms with Gasteiger partial charge in [-0.15, -0.1) is 0 Å². The molecule has 2 aliphatic rings. The summed E-state index contributed by atoms with van der Waals surface area (Å²) >= 11 is 0. The molecule has 1 aromatic rings. The largest absolute Gasteiger partial charge is 0.383 e. The van der Waals surface area contributed by atoms with E-state index in [9.17, 15) is 0 Å². The lowest BCUT2D eigenvalue weighted by Crippen LogP contribution is -2.48. The Morgan fingerprint density at radius 2 is 2.05 bits per heavy atom. The van der Waals surface area contributed by atoms with Crippen LogP contribution < -0.4 is 10.2 Å². The van der Waals surface area contributed by atoms with Gasteiger partial charge in [-0.3, -0.25) is 0 Å². The van der Waals surface area contributed by atoms with Gasteiger partial charge in [-0.1, -0.05) is 6.07 Å². The van der Waals surface area contributed by atoms with Gasteiger partial charge in [0.15, 0.2) is 0 Å². The summed E-state index contributed by atoms with van der Waals surface area (Å²) in [7, 11) is 1.81. The van der Waals surface area contributed by atoms with Crippen LogP contribution in [0.25, 0.3) is 0 Å². The van der Waals surface area contributed by atoms with Crippen molar-refractivity contribution < 1.29 is 4.74 Å². The van der Waals surface area contributed by atoms with Crippen molar-refractivity contribution in [1.82, 2.24) is 10.3 Å². The van der Waals surface area contributed by atoms with Gasteiger partial charge in [-0.25, -0.2) is 4.98 Å². The van der Waals surface area contributed by atoms with E-state index in [2.05, 4.69) is 40.3 Å². The zero-order valence-electron chi connectivity index (χ0n) is 13.2. The van der Waals surface area contributed by atoms with Crippen LogP contribution in [0.5, 0.6) is 0 Å². The van der Waals surface area contributed by atoms with Crippen LogP contribution in [0, 0.1) is 12.8 Å². The number of aromatic nitrogens is 1. The average Bonchev–Trinajstić information content (AvgIpc) is 3.32. The Morgan fingerprint density at radius 3 is 2.67 bits per heavy atom. The highest BCUT2D eigenvalue weighted by Crippen LogP contribution is 2.33. The molecule has 1 N–H and O–H groups in total. The fraction of sp³-hybridized carbons (Fsp3) is 0.706. The van der Waals surface area contributed by atoms with E-state index in [-0.39, 0.29) is 0 Å². The van der Waals surface area contributed by atoms with E-state index in [1.165, 1.54) is 25.7 Å². The molecule has 0 bridgehead atoms. The van der Waals surface area contributed by atoms with Crippen molar-refractivity contribution in [3.05, 3.63) is 23.9 Å². The standard InChI is InChI=1S/C17H27N3O/c1-13-4-3-5-17(18-13)20-10-8-15(9-11-20)19-16(12-21-2)14-6-7-14/h3-5,14-16,19H,6-12H2,1-2H3/t16-/m0/s1. The van der Waals surface area contributed by atoms with E-state index >= 15 is 0 Å². The number of hydrogen-bond donors (Lipinski definition) is 1. The molecule has 4 heteroatoms. The molecule has 1 aliphatic carbocycles. The quantitative estimate of drug-likeness (QED) is 0.872. The molecular weight excluding hydrogens is 262 g/mol. The van der Waals surface area contributed by atoms with E-state index in [0.717, 1.165) is 37.1 Å². The summed E-state index contributed by atoms with van der Waals surface area (Å²) in [6.07, 6.45) is 5.13. The first-order valence-corrected chi connectivity index (χ1v) is 8.20. The first-order valence-electron chi connectivity index (χ1n) is 8.20. The molecule has 1 atom stereocenters. The number of ether oxygens (including phenoxy) is 1. The molecule has 0 amide bonds. The van der Waals surface area contributed by atoms with Crippen molar-refractivity contribution >= 4 is 5.82 Å². The van der Waals surface area contributed by atoms with Crippen LogP contribution in [0.15, 0.2) is 18.2 Å². The Bertz CT molecular complexity index is 453. The Labute approximate surface area is 127 Å². The molecule has 1 aliphatic heterocycles. The van der Waals surface area contributed by atoms with Crippen molar-refractivity contribution in [1.29, 1.82) is 0 Å². The van der Waals surface area contributed by atoms with Crippen LogP contribution in [0.3, 0.4) is 0 Å². The fourth-order valence-electron chi connectivity index (χ4n) is 3.28. The minimum Gasteiger partial charge on any atom is -0.383 e. The predicted octanol–water partition coefficient (Wildman–Crippen LogP) is 2.37. The average molecular weight is 289 g/mol. The van der Waals surface area contributed by atoms with Gasteiger partial charge in [0.05, 0.1) is 6.61 Å². The molecule has 2 fully saturated rings. The summed E-state index contributed by atoms with van der Waals surface area (Å²) in [5, 5.41) is 3.83. The van der Waals surface area contributed by atoms with E-state index in [1.54, 1.807) is 0 Å². The smallest absolute Gasteiger partial charge is 0.128 e. The van der Waals surface area contributed by atoms with Gasteiger partial charge in [0.25, 0.3) is 0 Å². The minimum atomic E-state index is 0.559. The second-order valence-electron chi connectivity index (χ2n) is 6.46. The Kier molecular flexibility index (Phi) is 4.76. The summed E-state index contributed by atoms with van der Waals surface area (Å²) in [6.45, 7) is 5.10. The molecule has 0 spiro atoms. The van der Waals surface area contributed by atoms with E-state index in [0.29, 0.717) is 12.1 Å². The number of hydrogen-bond acceptors (Lipinski definition) is 4. The zero-order chi connectivity index (χ0) is 14.7. The van der Waals surface area contributed by atoms with E-state index in [1.807, 2.05) is 7.11 Å². The molecule has 4 nitrogen and oxygen atoms in total. The third-order valence-electron chi connectivity index (χ3n) is 4.68.